The predicted octanol–water partition coefficient (Wildman–Crippen LogP) is 3.36. The van der Waals surface area contributed by atoms with E-state index in [1.807, 2.05) is 24.3 Å². The Bertz CT molecular complexity index is 815. The lowest BCUT2D eigenvalue weighted by atomic mass is 9.94. The summed E-state index contributed by atoms with van der Waals surface area (Å²) in [5.74, 6) is 0.996. The smallest absolute Gasteiger partial charge is 0.337 e. The monoisotopic (exact) mass is 341 g/mol. The Kier molecular flexibility index (Phi) is 4.88. The maximum absolute atomic E-state index is 11.8. The molecule has 6 nitrogen and oxygen atoms in total. The van der Waals surface area contributed by atoms with Gasteiger partial charge in [-0.3, -0.25) is 0 Å². The standard InChI is InChI=1S/C19H19NO5/c1-22-14-6-4-5-12(9-14)18-11-16(20-24-3)15-10-13(19(21)23-2)7-8-17(15)25-18/h4-10,18H,11H2,1-3H3/t18-/m1/s1. The van der Waals surface area contributed by atoms with Crippen molar-refractivity contribution in [1.82, 2.24) is 0 Å². The summed E-state index contributed by atoms with van der Waals surface area (Å²) >= 11 is 0. The molecule has 25 heavy (non-hydrogen) atoms. The van der Waals surface area contributed by atoms with Crippen LogP contribution in [0.4, 0.5) is 0 Å². The lowest BCUT2D eigenvalue weighted by Crippen LogP contribution is -2.22. The van der Waals surface area contributed by atoms with Crippen LogP contribution in [0.1, 0.15) is 34.0 Å². The van der Waals surface area contributed by atoms with Crippen LogP contribution in [0.5, 0.6) is 11.5 Å². The number of methoxy groups -OCH3 is 2. The molecule has 1 aliphatic heterocycles. The fourth-order valence-electron chi connectivity index (χ4n) is 2.81. The third-order valence-corrected chi connectivity index (χ3v) is 4.03. The molecule has 6 heteroatoms. The van der Waals surface area contributed by atoms with Gasteiger partial charge in [-0.05, 0) is 35.9 Å². The minimum Gasteiger partial charge on any atom is -0.497 e. The van der Waals surface area contributed by atoms with Crippen LogP contribution < -0.4 is 9.47 Å². The van der Waals surface area contributed by atoms with E-state index in [1.165, 1.54) is 14.2 Å². The zero-order valence-electron chi connectivity index (χ0n) is 14.3. The molecular weight excluding hydrogens is 322 g/mol. The number of hydrogen-bond acceptors (Lipinski definition) is 6. The predicted molar refractivity (Wildman–Crippen MR) is 92.3 cm³/mol. The molecule has 0 aliphatic carbocycles. The van der Waals surface area contributed by atoms with Crippen LogP contribution in [0.2, 0.25) is 0 Å². The molecule has 0 N–H and O–H groups in total. The van der Waals surface area contributed by atoms with E-state index in [0.29, 0.717) is 23.4 Å². The van der Waals surface area contributed by atoms with Crippen LogP contribution in [-0.2, 0) is 9.57 Å². The van der Waals surface area contributed by atoms with Crippen LogP contribution in [0.15, 0.2) is 47.6 Å². The number of nitrogens with zero attached hydrogens (tertiary/aromatic N) is 1. The molecule has 2 aromatic carbocycles. The number of benzene rings is 2. The summed E-state index contributed by atoms with van der Waals surface area (Å²) in [4.78, 5) is 16.8. The maximum atomic E-state index is 11.8. The zero-order valence-corrected chi connectivity index (χ0v) is 14.3. The van der Waals surface area contributed by atoms with E-state index < -0.39 is 5.97 Å². The molecule has 130 valence electrons. The number of oxime groups is 1. The van der Waals surface area contributed by atoms with Gasteiger partial charge in [0.2, 0.25) is 0 Å². The lowest BCUT2D eigenvalue weighted by molar-refractivity contribution is 0.0600. The molecule has 0 spiro atoms. The van der Waals surface area contributed by atoms with Crippen LogP contribution >= 0.6 is 0 Å². The molecule has 0 aromatic heterocycles. The molecule has 0 saturated heterocycles. The Hall–Kier alpha value is -3.02. The van der Waals surface area contributed by atoms with Crippen LogP contribution in [0.3, 0.4) is 0 Å². The van der Waals surface area contributed by atoms with Gasteiger partial charge in [0.15, 0.2) is 0 Å². The molecule has 1 aliphatic rings. The van der Waals surface area contributed by atoms with Crippen molar-refractivity contribution in [3.05, 3.63) is 59.2 Å². The molecule has 0 amide bonds. The molecular formula is C19H19NO5. The average molecular weight is 341 g/mol. The normalized spacial score (nSPS) is 17.4. The van der Waals surface area contributed by atoms with Gasteiger partial charge in [0.1, 0.15) is 24.7 Å². The Labute approximate surface area is 146 Å². The summed E-state index contributed by atoms with van der Waals surface area (Å²) < 4.78 is 16.2. The van der Waals surface area contributed by atoms with E-state index in [0.717, 1.165) is 16.9 Å². The van der Waals surface area contributed by atoms with E-state index in [4.69, 9.17) is 19.0 Å². The molecule has 0 bridgehead atoms. The Morgan fingerprint density at radius 1 is 1.16 bits per heavy atom. The third kappa shape index (κ3) is 3.42. The number of esters is 1. The van der Waals surface area contributed by atoms with Gasteiger partial charge in [-0.1, -0.05) is 17.3 Å². The molecule has 0 saturated carbocycles. The van der Waals surface area contributed by atoms with Gasteiger partial charge in [-0.25, -0.2) is 4.79 Å². The summed E-state index contributed by atoms with van der Waals surface area (Å²) in [5, 5.41) is 4.12. The van der Waals surface area contributed by atoms with Gasteiger partial charge in [0, 0.05) is 12.0 Å². The number of carbonyl (C=O) groups excluding carboxylic acids is 1. The highest BCUT2D eigenvalue weighted by Gasteiger charge is 2.28. The van der Waals surface area contributed by atoms with Crippen molar-refractivity contribution in [3.8, 4) is 11.5 Å². The van der Waals surface area contributed by atoms with Crippen molar-refractivity contribution < 1.29 is 23.8 Å². The second kappa shape index (κ2) is 7.25. The first-order valence-electron chi connectivity index (χ1n) is 7.79. The second-order valence-corrected chi connectivity index (χ2v) is 5.51. The molecule has 1 heterocycles. The first-order valence-corrected chi connectivity index (χ1v) is 7.79. The van der Waals surface area contributed by atoms with E-state index in [2.05, 4.69) is 5.16 Å². The summed E-state index contributed by atoms with van der Waals surface area (Å²) in [7, 11) is 4.47. The summed E-state index contributed by atoms with van der Waals surface area (Å²) in [6.45, 7) is 0. The molecule has 0 unspecified atom stereocenters. The first-order chi connectivity index (χ1) is 12.2. The Balaban J connectivity index is 1.99. The molecule has 0 radical (unpaired) electrons. The van der Waals surface area contributed by atoms with Gasteiger partial charge >= 0.3 is 5.97 Å². The minimum absolute atomic E-state index is 0.222. The summed E-state index contributed by atoms with van der Waals surface area (Å²) in [6, 6.07) is 12.8. The third-order valence-electron chi connectivity index (χ3n) is 4.03. The van der Waals surface area contributed by atoms with E-state index in [-0.39, 0.29) is 6.10 Å². The van der Waals surface area contributed by atoms with Gasteiger partial charge in [-0.15, -0.1) is 0 Å². The van der Waals surface area contributed by atoms with Crippen LogP contribution in [0.25, 0.3) is 0 Å². The van der Waals surface area contributed by atoms with Crippen molar-refractivity contribution in [2.24, 2.45) is 5.16 Å². The van der Waals surface area contributed by atoms with Gasteiger partial charge < -0.3 is 19.0 Å². The molecule has 3 rings (SSSR count). The van der Waals surface area contributed by atoms with Gasteiger partial charge in [0.25, 0.3) is 0 Å². The molecule has 0 fully saturated rings. The fourth-order valence-corrected chi connectivity index (χ4v) is 2.81. The largest absolute Gasteiger partial charge is 0.497 e. The van der Waals surface area contributed by atoms with Crippen LogP contribution in [0, 0.1) is 0 Å². The topological polar surface area (TPSA) is 66.3 Å². The second-order valence-electron chi connectivity index (χ2n) is 5.51. The number of carbonyl (C=O) groups is 1. The van der Waals surface area contributed by atoms with Crippen molar-refractivity contribution >= 4 is 11.7 Å². The van der Waals surface area contributed by atoms with Crippen LogP contribution in [-0.4, -0.2) is 33.0 Å². The Morgan fingerprint density at radius 3 is 2.72 bits per heavy atom. The van der Waals surface area contributed by atoms with Crippen molar-refractivity contribution in [3.63, 3.8) is 0 Å². The summed E-state index contributed by atoms with van der Waals surface area (Å²) in [6.07, 6.45) is 0.291. The number of fused-ring (bicyclic) bond motifs is 1. The molecule has 2 aromatic rings. The average Bonchev–Trinajstić information content (AvgIpc) is 2.67. The van der Waals surface area contributed by atoms with Gasteiger partial charge in [-0.2, -0.15) is 0 Å². The van der Waals surface area contributed by atoms with Crippen molar-refractivity contribution in [1.29, 1.82) is 0 Å². The van der Waals surface area contributed by atoms with Crippen molar-refractivity contribution in [2.75, 3.05) is 21.3 Å². The highest BCUT2D eigenvalue weighted by Crippen LogP contribution is 2.36. The first kappa shape index (κ1) is 16.8. The highest BCUT2D eigenvalue weighted by atomic mass is 16.6. The number of hydrogen-bond donors (Lipinski definition) is 0. The SMILES string of the molecule is CON=C1C[C@H](c2cccc(OC)c2)Oc2ccc(C(=O)OC)cc21. The minimum atomic E-state index is -0.408. The fraction of sp³-hybridized carbons (Fsp3) is 0.263. The van der Waals surface area contributed by atoms with Crippen molar-refractivity contribution in [2.45, 2.75) is 12.5 Å². The van der Waals surface area contributed by atoms with E-state index in [9.17, 15) is 4.79 Å². The molecule has 1 atom stereocenters. The van der Waals surface area contributed by atoms with E-state index in [1.54, 1.807) is 25.3 Å². The lowest BCUT2D eigenvalue weighted by Gasteiger charge is -2.27. The quantitative estimate of drug-likeness (QED) is 0.630. The highest BCUT2D eigenvalue weighted by molar-refractivity contribution is 6.05. The number of ether oxygens (including phenoxy) is 3. The maximum Gasteiger partial charge on any atom is 0.337 e. The zero-order chi connectivity index (χ0) is 17.8. The summed E-state index contributed by atoms with van der Waals surface area (Å²) in [5.41, 5.74) is 2.85. The van der Waals surface area contributed by atoms with E-state index >= 15 is 0 Å². The number of rotatable bonds is 4. The van der Waals surface area contributed by atoms with Gasteiger partial charge in [0.05, 0.1) is 25.5 Å². The Morgan fingerprint density at radius 2 is 2.00 bits per heavy atom.